The van der Waals surface area contributed by atoms with Gasteiger partial charge in [-0.2, -0.15) is 0 Å². The van der Waals surface area contributed by atoms with E-state index in [2.05, 4.69) is 47.9 Å². The summed E-state index contributed by atoms with van der Waals surface area (Å²) in [6, 6.07) is -3.00. The zero-order valence-electron chi connectivity index (χ0n) is 56.7. The van der Waals surface area contributed by atoms with Crippen molar-refractivity contribution in [1.82, 2.24) is 47.9 Å². The summed E-state index contributed by atoms with van der Waals surface area (Å²) in [5, 5.41) is 115. The lowest BCUT2D eigenvalue weighted by atomic mass is 9.79. The Labute approximate surface area is 571 Å². The van der Waals surface area contributed by atoms with Gasteiger partial charge in [0.25, 0.3) is 0 Å². The summed E-state index contributed by atoms with van der Waals surface area (Å²) in [4.78, 5) is 110. The van der Waals surface area contributed by atoms with E-state index in [1.165, 1.54) is 20.8 Å². The van der Waals surface area contributed by atoms with Gasteiger partial charge in [-0.25, -0.2) is 0 Å². The molecule has 0 radical (unpaired) electrons. The van der Waals surface area contributed by atoms with Crippen molar-refractivity contribution in [2.24, 2.45) is 11.7 Å². The fourth-order valence-electron chi connectivity index (χ4n) is 10.7. The van der Waals surface area contributed by atoms with Gasteiger partial charge in [0.2, 0.25) is 53.2 Å². The number of ether oxygens (including phenoxy) is 8. The van der Waals surface area contributed by atoms with Crippen LogP contribution in [-0.4, -0.2) is 309 Å². The first-order chi connectivity index (χ1) is 46.8. The number of hydrogen-bond acceptors (Lipinski definition) is 27. The molecule has 3 fully saturated rings. The Balaban J connectivity index is 1.34. The summed E-state index contributed by atoms with van der Waals surface area (Å²) < 4.78 is 45.7. The Morgan fingerprint density at radius 3 is 1.01 bits per heavy atom. The van der Waals surface area contributed by atoms with Gasteiger partial charge in [-0.15, -0.1) is 0 Å². The molecule has 2 aliphatic heterocycles. The molecule has 15 unspecified atom stereocenters. The summed E-state index contributed by atoms with van der Waals surface area (Å²) in [6.45, 7) is 3.79. The van der Waals surface area contributed by atoms with Crippen LogP contribution in [0.2, 0.25) is 0 Å². The standard InChI is InChI=1S/C62H112N10O26/c1-38(76)70-51-42(31-41(32-73)54(85)57(51)88)94-25-7-4-13-45(79)64-19-10-22-67-48(82)16-28-91-35-62(63,36-92-29-17-49(83)68-23-11-20-65-46(80)14-5-8-26-95-60-52(71-39(2)77)58(89)55(86)43(33-74)97-60)37-93-30-18-50(84)69-24-12-21-66-47(81)15-6-9-27-96-61-53(72-40(3)78)59(90)56(87)44(34-75)98-61/h41-44,51-61,73-75,85-90H,4-37,63H2,1-3H3,(H,64,79)(H,65,80)(H,66,81)(H,67,82)(H,68,83)(H,69,84)(H,70,76)(H,71,77)(H,72,78). The molecule has 2 saturated heterocycles. The van der Waals surface area contributed by atoms with Crippen LogP contribution in [0.3, 0.4) is 0 Å². The maximum atomic E-state index is 12.7. The molecular weight excluding hydrogens is 1300 g/mol. The lowest BCUT2D eigenvalue weighted by molar-refractivity contribution is -0.270. The molecule has 0 aromatic rings. The van der Waals surface area contributed by atoms with Crippen LogP contribution in [0, 0.1) is 5.92 Å². The summed E-state index contributed by atoms with van der Waals surface area (Å²) in [5.74, 6) is -3.60. The zero-order chi connectivity index (χ0) is 72.4. The van der Waals surface area contributed by atoms with Crippen LogP contribution in [0.25, 0.3) is 0 Å². The van der Waals surface area contributed by atoms with Crippen LogP contribution < -0.4 is 53.6 Å². The highest BCUT2D eigenvalue weighted by Crippen LogP contribution is 2.29. The molecule has 1 saturated carbocycles. The SMILES string of the molecule is CC(=O)NC1C(OCCCCC(=O)NCCCNC(=O)CCOCC(N)(COCCC(=O)NCCCNC(=O)CCCCOC2OC(CO)C(O)C(O)C2NC(C)=O)COCCC(=O)NCCCNC(=O)CCCCOC2OC(CO)C(O)C(O)C2NC(C)=O)CC(CO)C(O)C1O. The molecule has 20 N–H and O–H groups in total. The van der Waals surface area contributed by atoms with Gasteiger partial charge in [0.15, 0.2) is 12.6 Å². The summed E-state index contributed by atoms with van der Waals surface area (Å²) in [7, 11) is 0. The zero-order valence-corrected chi connectivity index (χ0v) is 56.7. The van der Waals surface area contributed by atoms with Crippen LogP contribution in [0.15, 0.2) is 0 Å². The lowest BCUT2D eigenvalue weighted by Crippen LogP contribution is -2.64. The van der Waals surface area contributed by atoms with E-state index < -0.39 is 128 Å². The van der Waals surface area contributed by atoms with Gasteiger partial charge in [-0.1, -0.05) is 0 Å². The molecule has 36 heteroatoms. The van der Waals surface area contributed by atoms with Crippen LogP contribution in [0.4, 0.5) is 0 Å². The monoisotopic (exact) mass is 1410 g/mol. The number of amides is 9. The molecule has 9 amide bonds. The van der Waals surface area contributed by atoms with Gasteiger partial charge in [-0.3, -0.25) is 43.2 Å². The average molecular weight is 1410 g/mol. The molecule has 0 aromatic heterocycles. The van der Waals surface area contributed by atoms with Crippen LogP contribution in [0.1, 0.15) is 124 Å². The normalized spacial score (nSPS) is 26.0. The quantitative estimate of drug-likeness (QED) is 0.0252. The first-order valence-corrected chi connectivity index (χ1v) is 33.8. The van der Waals surface area contributed by atoms with Gasteiger partial charge in [0.1, 0.15) is 54.8 Å². The van der Waals surface area contributed by atoms with Gasteiger partial charge in [0.05, 0.1) is 76.6 Å². The maximum absolute atomic E-state index is 12.7. The minimum Gasteiger partial charge on any atom is -0.396 e. The molecule has 15 atom stereocenters. The first-order valence-electron chi connectivity index (χ1n) is 33.8. The average Bonchev–Trinajstić information content (AvgIpc) is 0.825. The number of unbranched alkanes of at least 4 members (excludes halogenated alkanes) is 3. The highest BCUT2D eigenvalue weighted by molar-refractivity contribution is 5.78. The first kappa shape index (κ1) is 86.7. The van der Waals surface area contributed by atoms with Gasteiger partial charge >= 0.3 is 0 Å². The number of rotatable bonds is 51. The summed E-state index contributed by atoms with van der Waals surface area (Å²) in [6.07, 6.45) is -8.78. The highest BCUT2D eigenvalue weighted by Gasteiger charge is 2.47. The molecule has 1 aliphatic carbocycles. The minimum absolute atomic E-state index is 0.0282. The summed E-state index contributed by atoms with van der Waals surface area (Å²) >= 11 is 0. The van der Waals surface area contributed by atoms with E-state index in [0.29, 0.717) is 64.3 Å². The minimum atomic E-state index is -1.44. The van der Waals surface area contributed by atoms with E-state index in [1.807, 2.05) is 0 Å². The van der Waals surface area contributed by atoms with Crippen molar-refractivity contribution < 1.29 is 127 Å². The predicted octanol–water partition coefficient (Wildman–Crippen LogP) is -7.17. The number of carbonyl (C=O) groups excluding carboxylic acids is 9. The van der Waals surface area contributed by atoms with Crippen LogP contribution >= 0.6 is 0 Å². The highest BCUT2D eigenvalue weighted by atomic mass is 16.7. The molecular formula is C62H112N10O26. The Bertz CT molecular complexity index is 2110. The number of aliphatic hydroxyl groups excluding tert-OH is 9. The van der Waals surface area contributed by atoms with Crippen molar-refractivity contribution in [1.29, 1.82) is 0 Å². The third kappa shape index (κ3) is 34.7. The van der Waals surface area contributed by atoms with E-state index in [0.717, 1.165) is 0 Å². The number of nitrogens with two attached hydrogens (primary N) is 1. The number of aliphatic hydroxyl groups is 9. The fraction of sp³-hybridized carbons (Fsp3) is 0.855. The van der Waals surface area contributed by atoms with Crippen molar-refractivity contribution >= 4 is 53.2 Å². The molecule has 0 bridgehead atoms. The molecule has 566 valence electrons. The molecule has 36 nitrogen and oxygen atoms in total. The second-order valence-corrected chi connectivity index (χ2v) is 24.7. The number of nitrogens with one attached hydrogen (secondary N) is 9. The van der Waals surface area contributed by atoms with Gasteiger partial charge in [-0.05, 0) is 64.2 Å². The molecule has 2 heterocycles. The molecule has 0 aromatic carbocycles. The van der Waals surface area contributed by atoms with Crippen molar-refractivity contribution in [2.45, 2.75) is 215 Å². The molecule has 3 rings (SSSR count). The van der Waals surface area contributed by atoms with Gasteiger partial charge in [0, 0.05) is 131 Å². The van der Waals surface area contributed by atoms with E-state index in [1.54, 1.807) is 0 Å². The predicted molar refractivity (Wildman–Crippen MR) is 344 cm³/mol. The largest absolute Gasteiger partial charge is 0.396 e. The second kappa shape index (κ2) is 49.1. The second-order valence-electron chi connectivity index (χ2n) is 24.7. The van der Waals surface area contributed by atoms with Crippen LogP contribution in [0.5, 0.6) is 0 Å². The number of carbonyl (C=O) groups is 9. The van der Waals surface area contributed by atoms with E-state index in [-0.39, 0.29) is 179 Å². The lowest BCUT2D eigenvalue weighted by Gasteiger charge is -2.42. The van der Waals surface area contributed by atoms with E-state index >= 15 is 0 Å². The topological polar surface area (TPSA) is 544 Å². The Morgan fingerprint density at radius 1 is 0.388 bits per heavy atom. The van der Waals surface area contributed by atoms with Crippen LogP contribution in [-0.2, 0) is 81.0 Å². The summed E-state index contributed by atoms with van der Waals surface area (Å²) in [5.41, 5.74) is 5.40. The third-order valence-corrected chi connectivity index (χ3v) is 16.1. The Morgan fingerprint density at radius 2 is 0.694 bits per heavy atom. The third-order valence-electron chi connectivity index (χ3n) is 16.1. The van der Waals surface area contributed by atoms with E-state index in [4.69, 9.17) is 43.6 Å². The Hall–Kier alpha value is -5.49. The van der Waals surface area contributed by atoms with Crippen molar-refractivity contribution in [3.8, 4) is 0 Å². The molecule has 0 spiro atoms. The molecule has 98 heavy (non-hydrogen) atoms. The van der Waals surface area contributed by atoms with Gasteiger partial charge < -0.3 is 137 Å². The van der Waals surface area contributed by atoms with Crippen molar-refractivity contribution in [3.63, 3.8) is 0 Å². The van der Waals surface area contributed by atoms with Crippen molar-refractivity contribution in [3.05, 3.63) is 0 Å². The van der Waals surface area contributed by atoms with E-state index in [9.17, 15) is 89.1 Å². The smallest absolute Gasteiger partial charge is 0.222 e. The Kier molecular flexibility index (Phi) is 43.5. The molecule has 3 aliphatic rings. The number of hydrogen-bond donors (Lipinski definition) is 19. The maximum Gasteiger partial charge on any atom is 0.222 e. The van der Waals surface area contributed by atoms with Crippen molar-refractivity contribution in [2.75, 3.05) is 119 Å². The fourth-order valence-corrected chi connectivity index (χ4v) is 10.7.